The molecule has 1 saturated heterocycles. The Morgan fingerprint density at radius 3 is 2.75 bits per heavy atom. The van der Waals surface area contributed by atoms with E-state index in [1.54, 1.807) is 0 Å². The topological polar surface area (TPSA) is 42.2 Å². The summed E-state index contributed by atoms with van der Waals surface area (Å²) in [7, 11) is 0. The number of hydrogen-bond acceptors (Lipinski definition) is 4. The van der Waals surface area contributed by atoms with Crippen molar-refractivity contribution in [2.75, 3.05) is 16.8 Å². The SMILES string of the molecule is CC(C)(C)c1cc2c(NC3CCSCC3)nccn2n1. The zero-order chi connectivity index (χ0) is 14.2. The van der Waals surface area contributed by atoms with Gasteiger partial charge in [-0.05, 0) is 30.4 Å². The number of hydrogen-bond donors (Lipinski definition) is 1. The van der Waals surface area contributed by atoms with Gasteiger partial charge in [0.25, 0.3) is 0 Å². The van der Waals surface area contributed by atoms with Gasteiger partial charge in [-0.25, -0.2) is 9.50 Å². The van der Waals surface area contributed by atoms with E-state index in [0.717, 1.165) is 17.0 Å². The molecule has 0 radical (unpaired) electrons. The second-order valence-corrected chi connectivity index (χ2v) is 7.64. The van der Waals surface area contributed by atoms with Crippen molar-refractivity contribution in [3.63, 3.8) is 0 Å². The first-order valence-electron chi connectivity index (χ1n) is 7.23. The maximum atomic E-state index is 4.67. The number of aromatic nitrogens is 3. The van der Waals surface area contributed by atoms with E-state index in [4.69, 9.17) is 0 Å². The van der Waals surface area contributed by atoms with Crippen LogP contribution in [0.1, 0.15) is 39.3 Å². The molecule has 4 nitrogen and oxygen atoms in total. The Bertz CT molecular complexity index is 593. The summed E-state index contributed by atoms with van der Waals surface area (Å²) in [6.45, 7) is 6.56. The van der Waals surface area contributed by atoms with E-state index in [2.05, 4.69) is 42.2 Å². The number of thioether (sulfide) groups is 1. The molecular formula is C15H22N4S. The third-order valence-electron chi connectivity index (χ3n) is 3.72. The van der Waals surface area contributed by atoms with Crippen molar-refractivity contribution in [2.24, 2.45) is 0 Å². The van der Waals surface area contributed by atoms with Gasteiger partial charge in [0, 0.05) is 23.9 Å². The summed E-state index contributed by atoms with van der Waals surface area (Å²) in [6.07, 6.45) is 6.18. The molecule has 108 valence electrons. The van der Waals surface area contributed by atoms with E-state index in [0.29, 0.717) is 6.04 Å². The molecule has 1 fully saturated rings. The van der Waals surface area contributed by atoms with Gasteiger partial charge in [-0.2, -0.15) is 16.9 Å². The van der Waals surface area contributed by atoms with Crippen molar-refractivity contribution in [3.05, 3.63) is 24.2 Å². The summed E-state index contributed by atoms with van der Waals surface area (Å²) in [4.78, 5) is 4.52. The highest BCUT2D eigenvalue weighted by Crippen LogP contribution is 2.26. The number of nitrogens with one attached hydrogen (secondary N) is 1. The molecule has 2 aromatic heterocycles. The molecule has 0 spiro atoms. The van der Waals surface area contributed by atoms with Crippen LogP contribution in [0.4, 0.5) is 5.82 Å². The van der Waals surface area contributed by atoms with Crippen molar-refractivity contribution in [1.29, 1.82) is 0 Å². The predicted octanol–water partition coefficient (Wildman–Crippen LogP) is 3.33. The van der Waals surface area contributed by atoms with E-state index < -0.39 is 0 Å². The highest BCUT2D eigenvalue weighted by molar-refractivity contribution is 7.99. The Balaban J connectivity index is 1.92. The van der Waals surface area contributed by atoms with Crippen molar-refractivity contribution in [3.8, 4) is 0 Å². The van der Waals surface area contributed by atoms with Gasteiger partial charge >= 0.3 is 0 Å². The molecule has 5 heteroatoms. The molecule has 1 N–H and O–H groups in total. The molecule has 1 aliphatic rings. The number of rotatable bonds is 2. The highest BCUT2D eigenvalue weighted by atomic mass is 32.2. The second kappa shape index (κ2) is 5.28. The maximum Gasteiger partial charge on any atom is 0.152 e. The van der Waals surface area contributed by atoms with Crippen LogP contribution in [0.3, 0.4) is 0 Å². The normalized spacial score (nSPS) is 17.6. The number of nitrogens with zero attached hydrogens (tertiary/aromatic N) is 3. The summed E-state index contributed by atoms with van der Waals surface area (Å²) in [6, 6.07) is 2.70. The van der Waals surface area contributed by atoms with Crippen LogP contribution in [0.25, 0.3) is 5.52 Å². The summed E-state index contributed by atoms with van der Waals surface area (Å²) in [5.41, 5.74) is 2.24. The third-order valence-corrected chi connectivity index (χ3v) is 4.77. The Hall–Kier alpha value is -1.23. The molecule has 2 aromatic rings. The number of anilines is 1. The molecule has 0 saturated carbocycles. The predicted molar refractivity (Wildman–Crippen MR) is 85.7 cm³/mol. The van der Waals surface area contributed by atoms with Crippen molar-refractivity contribution >= 4 is 23.1 Å². The highest BCUT2D eigenvalue weighted by Gasteiger charge is 2.20. The van der Waals surface area contributed by atoms with Gasteiger partial charge < -0.3 is 5.32 Å². The van der Waals surface area contributed by atoms with Gasteiger partial charge in [-0.15, -0.1) is 0 Å². The van der Waals surface area contributed by atoms with Crippen LogP contribution < -0.4 is 5.32 Å². The minimum absolute atomic E-state index is 0.0603. The van der Waals surface area contributed by atoms with Crippen LogP contribution in [0, 0.1) is 0 Å². The monoisotopic (exact) mass is 290 g/mol. The lowest BCUT2D eigenvalue weighted by Gasteiger charge is -2.23. The summed E-state index contributed by atoms with van der Waals surface area (Å²) in [5, 5.41) is 8.27. The Kier molecular flexibility index (Phi) is 3.63. The molecule has 0 unspecified atom stereocenters. The van der Waals surface area contributed by atoms with Gasteiger partial charge in [0.15, 0.2) is 5.82 Å². The van der Waals surface area contributed by atoms with E-state index in [9.17, 15) is 0 Å². The van der Waals surface area contributed by atoms with Gasteiger partial charge in [-0.1, -0.05) is 20.8 Å². The summed E-state index contributed by atoms with van der Waals surface area (Å²) >= 11 is 2.04. The largest absolute Gasteiger partial charge is 0.365 e. The average Bonchev–Trinajstić information content (AvgIpc) is 2.85. The molecule has 0 aromatic carbocycles. The number of fused-ring (bicyclic) bond motifs is 1. The molecular weight excluding hydrogens is 268 g/mol. The standard InChI is InChI=1S/C15H22N4S/c1-15(2,3)13-10-12-14(16-6-7-19(12)18-13)17-11-4-8-20-9-5-11/h6-7,10-11H,4-5,8-9H2,1-3H3,(H,16,17). The summed E-state index contributed by atoms with van der Waals surface area (Å²) in [5.74, 6) is 3.45. The van der Waals surface area contributed by atoms with E-state index in [1.165, 1.54) is 24.3 Å². The van der Waals surface area contributed by atoms with Crippen LogP contribution >= 0.6 is 11.8 Å². The van der Waals surface area contributed by atoms with E-state index in [1.807, 2.05) is 28.7 Å². The Labute approximate surface area is 124 Å². The van der Waals surface area contributed by atoms with Crippen LogP contribution in [0.2, 0.25) is 0 Å². The second-order valence-electron chi connectivity index (χ2n) is 6.42. The molecule has 1 aliphatic heterocycles. The molecule has 3 heterocycles. The first-order chi connectivity index (χ1) is 9.54. The summed E-state index contributed by atoms with van der Waals surface area (Å²) < 4.78 is 1.94. The first kappa shape index (κ1) is 13.7. The lowest BCUT2D eigenvalue weighted by molar-refractivity contribution is 0.562. The molecule has 0 aliphatic carbocycles. The van der Waals surface area contributed by atoms with Crippen LogP contribution in [-0.2, 0) is 5.41 Å². The van der Waals surface area contributed by atoms with Crippen molar-refractivity contribution in [2.45, 2.75) is 45.1 Å². The zero-order valence-corrected chi connectivity index (χ0v) is 13.2. The lowest BCUT2D eigenvalue weighted by Crippen LogP contribution is -2.25. The zero-order valence-electron chi connectivity index (χ0n) is 12.4. The van der Waals surface area contributed by atoms with Gasteiger partial charge in [0.2, 0.25) is 0 Å². The molecule has 0 atom stereocenters. The van der Waals surface area contributed by atoms with E-state index in [-0.39, 0.29) is 5.41 Å². The van der Waals surface area contributed by atoms with E-state index >= 15 is 0 Å². The fourth-order valence-corrected chi connectivity index (χ4v) is 3.54. The minimum Gasteiger partial charge on any atom is -0.365 e. The first-order valence-corrected chi connectivity index (χ1v) is 8.39. The average molecular weight is 290 g/mol. The van der Waals surface area contributed by atoms with Crippen LogP contribution in [-0.4, -0.2) is 32.1 Å². The Morgan fingerprint density at radius 2 is 2.05 bits per heavy atom. The van der Waals surface area contributed by atoms with Crippen LogP contribution in [0.15, 0.2) is 18.5 Å². The molecule has 0 amide bonds. The quantitative estimate of drug-likeness (QED) is 0.921. The maximum absolute atomic E-state index is 4.67. The van der Waals surface area contributed by atoms with Crippen molar-refractivity contribution < 1.29 is 0 Å². The minimum atomic E-state index is 0.0603. The molecule has 0 bridgehead atoms. The Morgan fingerprint density at radius 1 is 1.30 bits per heavy atom. The van der Waals surface area contributed by atoms with Gasteiger partial charge in [0.1, 0.15) is 5.52 Å². The molecule has 3 rings (SSSR count). The van der Waals surface area contributed by atoms with Crippen LogP contribution in [0.5, 0.6) is 0 Å². The fraction of sp³-hybridized carbons (Fsp3) is 0.600. The smallest absolute Gasteiger partial charge is 0.152 e. The van der Waals surface area contributed by atoms with Gasteiger partial charge in [0.05, 0.1) is 5.69 Å². The lowest BCUT2D eigenvalue weighted by atomic mass is 9.92. The third kappa shape index (κ3) is 2.77. The molecule has 20 heavy (non-hydrogen) atoms. The van der Waals surface area contributed by atoms with Gasteiger partial charge in [-0.3, -0.25) is 0 Å². The fourth-order valence-electron chi connectivity index (χ4n) is 2.44. The van der Waals surface area contributed by atoms with Crippen molar-refractivity contribution in [1.82, 2.24) is 14.6 Å².